The van der Waals surface area contributed by atoms with Gasteiger partial charge in [0.1, 0.15) is 18.9 Å². The Bertz CT molecular complexity index is 951. The van der Waals surface area contributed by atoms with E-state index < -0.39 is 0 Å². The molecule has 2 aromatic carbocycles. The summed E-state index contributed by atoms with van der Waals surface area (Å²) in [4.78, 5) is 0. The summed E-state index contributed by atoms with van der Waals surface area (Å²) < 4.78 is 39.5. The molecular formula is C32H52NO7+. The van der Waals surface area contributed by atoms with Crippen LogP contribution in [0.5, 0.6) is 5.75 Å². The fourth-order valence-electron chi connectivity index (χ4n) is 3.97. The first-order chi connectivity index (χ1) is 19.4. The van der Waals surface area contributed by atoms with Gasteiger partial charge in [0.2, 0.25) is 0 Å². The SMILES string of the molecule is CC[N+](C)(C)Cc1cc(-c2cc(C)ccc2C)ccc1OCCOCCOCCOCCOCCOCCOC. The molecule has 0 radical (unpaired) electrons. The lowest BCUT2D eigenvalue weighted by Crippen LogP contribution is -2.38. The molecule has 8 heteroatoms. The van der Waals surface area contributed by atoms with Crippen molar-refractivity contribution in [2.45, 2.75) is 27.3 Å². The van der Waals surface area contributed by atoms with Crippen LogP contribution < -0.4 is 4.74 Å². The van der Waals surface area contributed by atoms with Crippen LogP contribution in [0.3, 0.4) is 0 Å². The first-order valence-electron chi connectivity index (χ1n) is 14.4. The third kappa shape index (κ3) is 14.0. The van der Waals surface area contributed by atoms with Crippen LogP contribution >= 0.6 is 0 Å². The number of hydrogen-bond donors (Lipinski definition) is 0. The first kappa shape index (κ1) is 34.2. The summed E-state index contributed by atoms with van der Waals surface area (Å²) >= 11 is 0. The molecular weight excluding hydrogens is 510 g/mol. The van der Waals surface area contributed by atoms with E-state index >= 15 is 0 Å². The van der Waals surface area contributed by atoms with E-state index in [9.17, 15) is 0 Å². The number of aryl methyl sites for hydroxylation is 2. The Morgan fingerprint density at radius 2 is 1.15 bits per heavy atom. The molecule has 0 aromatic heterocycles. The minimum Gasteiger partial charge on any atom is -0.491 e. The summed E-state index contributed by atoms with van der Waals surface area (Å²) in [6.07, 6.45) is 0. The zero-order valence-electron chi connectivity index (χ0n) is 25.7. The maximum Gasteiger partial charge on any atom is 0.128 e. The van der Waals surface area contributed by atoms with Crippen molar-refractivity contribution >= 4 is 0 Å². The van der Waals surface area contributed by atoms with Crippen LogP contribution in [0.2, 0.25) is 0 Å². The lowest BCUT2D eigenvalue weighted by atomic mass is 9.96. The standard InChI is InChI=1S/C32H52NO7/c1-7-33(4,5)26-30-25-29(31-24-27(2)8-9-28(31)3)10-11-32(30)40-23-22-39-21-20-38-19-18-37-17-16-36-15-14-35-13-12-34-6/h8-11,24-25H,7,12-23,26H2,1-6H3/q+1. The Morgan fingerprint density at radius 1 is 0.625 bits per heavy atom. The van der Waals surface area contributed by atoms with Crippen LogP contribution in [0.1, 0.15) is 23.6 Å². The quantitative estimate of drug-likeness (QED) is 0.144. The van der Waals surface area contributed by atoms with Gasteiger partial charge in [-0.2, -0.15) is 0 Å². The number of benzene rings is 2. The number of ether oxygens (including phenoxy) is 7. The van der Waals surface area contributed by atoms with Crippen molar-refractivity contribution in [3.05, 3.63) is 53.1 Å². The van der Waals surface area contributed by atoms with Crippen molar-refractivity contribution in [3.63, 3.8) is 0 Å². The molecule has 0 N–H and O–H groups in total. The second-order valence-electron chi connectivity index (χ2n) is 10.5. The summed E-state index contributed by atoms with van der Waals surface area (Å²) in [5, 5.41) is 0. The first-order valence-corrected chi connectivity index (χ1v) is 14.4. The summed E-state index contributed by atoms with van der Waals surface area (Å²) in [6.45, 7) is 15.0. The minimum atomic E-state index is 0.496. The van der Waals surface area contributed by atoms with Crippen molar-refractivity contribution in [3.8, 4) is 16.9 Å². The van der Waals surface area contributed by atoms with Gasteiger partial charge in [-0.15, -0.1) is 0 Å². The molecule has 226 valence electrons. The highest BCUT2D eigenvalue weighted by Crippen LogP contribution is 2.31. The average molecular weight is 563 g/mol. The molecule has 2 aromatic rings. The fraction of sp³-hybridized carbons (Fsp3) is 0.625. The van der Waals surface area contributed by atoms with E-state index in [0.29, 0.717) is 79.3 Å². The van der Waals surface area contributed by atoms with Gasteiger partial charge in [-0.05, 0) is 49.6 Å². The van der Waals surface area contributed by atoms with Gasteiger partial charge in [0.25, 0.3) is 0 Å². The van der Waals surface area contributed by atoms with Crippen LogP contribution in [-0.2, 0) is 35.0 Å². The number of nitrogens with zero attached hydrogens (tertiary/aromatic N) is 1. The Balaban J connectivity index is 1.63. The lowest BCUT2D eigenvalue weighted by molar-refractivity contribution is -0.901. The van der Waals surface area contributed by atoms with Gasteiger partial charge in [0.05, 0.1) is 93.3 Å². The molecule has 0 aliphatic heterocycles. The van der Waals surface area contributed by atoms with Crippen molar-refractivity contribution in [2.75, 3.05) is 107 Å². The Labute approximate surface area is 242 Å². The summed E-state index contributed by atoms with van der Waals surface area (Å²) in [5.74, 6) is 0.924. The number of rotatable bonds is 23. The lowest BCUT2D eigenvalue weighted by Gasteiger charge is -2.29. The molecule has 0 bridgehead atoms. The van der Waals surface area contributed by atoms with Gasteiger partial charge in [-0.25, -0.2) is 0 Å². The van der Waals surface area contributed by atoms with E-state index in [2.05, 4.69) is 71.3 Å². The molecule has 0 atom stereocenters. The highest BCUT2D eigenvalue weighted by Gasteiger charge is 2.18. The molecule has 0 spiro atoms. The second kappa shape index (κ2) is 19.9. The number of hydrogen-bond acceptors (Lipinski definition) is 7. The van der Waals surface area contributed by atoms with E-state index in [0.717, 1.165) is 23.3 Å². The van der Waals surface area contributed by atoms with Gasteiger partial charge < -0.3 is 37.6 Å². The van der Waals surface area contributed by atoms with Crippen LogP contribution in [0.4, 0.5) is 0 Å². The van der Waals surface area contributed by atoms with Crippen molar-refractivity contribution in [2.24, 2.45) is 0 Å². The van der Waals surface area contributed by atoms with Gasteiger partial charge in [-0.1, -0.05) is 29.8 Å². The largest absolute Gasteiger partial charge is 0.491 e. The zero-order valence-corrected chi connectivity index (χ0v) is 25.7. The van der Waals surface area contributed by atoms with Crippen LogP contribution in [0.15, 0.2) is 36.4 Å². The topological polar surface area (TPSA) is 64.6 Å². The predicted molar refractivity (Wildman–Crippen MR) is 159 cm³/mol. The third-order valence-electron chi connectivity index (χ3n) is 6.62. The van der Waals surface area contributed by atoms with Crippen LogP contribution in [0.25, 0.3) is 11.1 Å². The van der Waals surface area contributed by atoms with Gasteiger partial charge in [0, 0.05) is 12.7 Å². The van der Waals surface area contributed by atoms with Gasteiger partial charge >= 0.3 is 0 Å². The molecule has 2 rings (SSSR count). The monoisotopic (exact) mass is 562 g/mol. The van der Waals surface area contributed by atoms with E-state index in [1.165, 1.54) is 27.8 Å². The normalized spacial score (nSPS) is 11.8. The van der Waals surface area contributed by atoms with E-state index in [1.54, 1.807) is 7.11 Å². The number of quaternary nitrogens is 1. The average Bonchev–Trinajstić information content (AvgIpc) is 2.94. The van der Waals surface area contributed by atoms with Crippen molar-refractivity contribution in [1.82, 2.24) is 0 Å². The molecule has 0 saturated heterocycles. The maximum atomic E-state index is 6.18. The summed E-state index contributed by atoms with van der Waals surface area (Å²) in [6, 6.07) is 13.2. The molecule has 0 heterocycles. The molecule has 0 unspecified atom stereocenters. The Hall–Kier alpha value is -2.04. The van der Waals surface area contributed by atoms with Crippen LogP contribution in [-0.4, -0.2) is 112 Å². The second-order valence-corrected chi connectivity index (χ2v) is 10.5. The highest BCUT2D eigenvalue weighted by molar-refractivity contribution is 5.69. The zero-order chi connectivity index (χ0) is 29.1. The Kier molecular flexibility index (Phi) is 17.0. The molecule has 0 amide bonds. The number of methoxy groups -OCH3 is 1. The smallest absolute Gasteiger partial charge is 0.128 e. The van der Waals surface area contributed by atoms with Crippen molar-refractivity contribution < 1.29 is 37.6 Å². The van der Waals surface area contributed by atoms with Crippen molar-refractivity contribution in [1.29, 1.82) is 0 Å². The molecule has 0 aliphatic carbocycles. The Morgan fingerprint density at radius 3 is 1.68 bits per heavy atom. The molecule has 0 fully saturated rings. The van der Waals surface area contributed by atoms with Crippen LogP contribution in [0, 0.1) is 13.8 Å². The summed E-state index contributed by atoms with van der Waals surface area (Å²) in [5.41, 5.74) is 6.27. The van der Waals surface area contributed by atoms with E-state index in [4.69, 9.17) is 33.2 Å². The molecule has 0 saturated carbocycles. The fourth-order valence-corrected chi connectivity index (χ4v) is 3.97. The maximum absolute atomic E-state index is 6.18. The molecule has 8 nitrogen and oxygen atoms in total. The summed E-state index contributed by atoms with van der Waals surface area (Å²) in [7, 11) is 6.15. The molecule has 0 aliphatic rings. The minimum absolute atomic E-state index is 0.496. The van der Waals surface area contributed by atoms with E-state index in [-0.39, 0.29) is 0 Å². The van der Waals surface area contributed by atoms with Gasteiger partial charge in [0.15, 0.2) is 0 Å². The predicted octanol–water partition coefficient (Wildman–Crippen LogP) is 4.67. The molecule has 40 heavy (non-hydrogen) atoms. The third-order valence-corrected chi connectivity index (χ3v) is 6.62. The van der Waals surface area contributed by atoms with Gasteiger partial charge in [-0.3, -0.25) is 0 Å². The highest BCUT2D eigenvalue weighted by atomic mass is 16.6. The van der Waals surface area contributed by atoms with E-state index in [1.807, 2.05) is 0 Å².